The lowest BCUT2D eigenvalue weighted by atomic mass is 9.83. The standard InChI is InChI=1S/C17H27N/c1-2-17(16-11-7-4-8-12-16)18-14-13-15-9-5-3-6-10-15/h3,5-6,9-10,16-18H,2,4,7-8,11-14H2,1H3. The highest BCUT2D eigenvalue weighted by atomic mass is 14.9. The summed E-state index contributed by atoms with van der Waals surface area (Å²) in [4.78, 5) is 0. The molecule has 1 nitrogen and oxygen atoms in total. The van der Waals surface area contributed by atoms with E-state index >= 15 is 0 Å². The quantitative estimate of drug-likeness (QED) is 0.793. The Balaban J connectivity index is 1.73. The molecule has 0 aliphatic heterocycles. The Morgan fingerprint density at radius 3 is 2.50 bits per heavy atom. The van der Waals surface area contributed by atoms with Gasteiger partial charge in [0, 0.05) is 6.04 Å². The molecule has 1 saturated carbocycles. The fraction of sp³-hybridized carbons (Fsp3) is 0.647. The predicted octanol–water partition coefficient (Wildman–Crippen LogP) is 4.18. The minimum atomic E-state index is 0.744. The molecule has 1 aromatic carbocycles. The molecule has 0 amide bonds. The van der Waals surface area contributed by atoms with Crippen LogP contribution in [0.15, 0.2) is 30.3 Å². The Morgan fingerprint density at radius 2 is 1.83 bits per heavy atom. The smallest absolute Gasteiger partial charge is 0.00928 e. The van der Waals surface area contributed by atoms with Gasteiger partial charge < -0.3 is 5.32 Å². The Bertz CT molecular complexity index is 314. The van der Waals surface area contributed by atoms with Crippen molar-refractivity contribution in [3.63, 3.8) is 0 Å². The molecule has 18 heavy (non-hydrogen) atoms. The third-order valence-corrected chi connectivity index (χ3v) is 4.32. The van der Waals surface area contributed by atoms with Crippen LogP contribution in [-0.4, -0.2) is 12.6 Å². The topological polar surface area (TPSA) is 12.0 Å². The van der Waals surface area contributed by atoms with Crippen LogP contribution in [0.3, 0.4) is 0 Å². The second-order valence-corrected chi connectivity index (χ2v) is 5.60. The van der Waals surface area contributed by atoms with E-state index in [0.29, 0.717) is 0 Å². The predicted molar refractivity (Wildman–Crippen MR) is 78.8 cm³/mol. The number of nitrogens with one attached hydrogen (secondary N) is 1. The van der Waals surface area contributed by atoms with Gasteiger partial charge in [0.25, 0.3) is 0 Å². The first kappa shape index (κ1) is 13.6. The Kier molecular flexibility index (Phi) is 5.73. The molecule has 1 fully saturated rings. The first-order chi connectivity index (χ1) is 8.90. The highest BCUT2D eigenvalue weighted by Crippen LogP contribution is 2.27. The van der Waals surface area contributed by atoms with E-state index in [4.69, 9.17) is 0 Å². The van der Waals surface area contributed by atoms with Crippen LogP contribution in [-0.2, 0) is 6.42 Å². The molecule has 1 aliphatic carbocycles. The average Bonchev–Trinajstić information content (AvgIpc) is 2.46. The second-order valence-electron chi connectivity index (χ2n) is 5.60. The van der Waals surface area contributed by atoms with Gasteiger partial charge in [0.2, 0.25) is 0 Å². The van der Waals surface area contributed by atoms with Gasteiger partial charge in [0.15, 0.2) is 0 Å². The Hall–Kier alpha value is -0.820. The van der Waals surface area contributed by atoms with Crippen molar-refractivity contribution in [2.45, 2.75) is 57.9 Å². The van der Waals surface area contributed by atoms with Crippen LogP contribution < -0.4 is 5.32 Å². The zero-order valence-corrected chi connectivity index (χ0v) is 11.7. The summed E-state index contributed by atoms with van der Waals surface area (Å²) >= 11 is 0. The summed E-state index contributed by atoms with van der Waals surface area (Å²) in [6.45, 7) is 3.45. The Morgan fingerprint density at radius 1 is 1.11 bits per heavy atom. The van der Waals surface area contributed by atoms with E-state index in [1.807, 2.05) is 0 Å². The molecule has 1 aromatic rings. The molecular weight excluding hydrogens is 218 g/mol. The minimum absolute atomic E-state index is 0.744. The normalized spacial score (nSPS) is 18.7. The van der Waals surface area contributed by atoms with Crippen molar-refractivity contribution >= 4 is 0 Å². The van der Waals surface area contributed by atoms with Crippen molar-refractivity contribution in [3.05, 3.63) is 35.9 Å². The molecule has 1 heteroatoms. The summed E-state index contributed by atoms with van der Waals surface area (Å²) in [5, 5.41) is 3.79. The average molecular weight is 245 g/mol. The molecule has 0 heterocycles. The molecule has 0 spiro atoms. The molecule has 0 radical (unpaired) electrons. The zero-order chi connectivity index (χ0) is 12.6. The number of hydrogen-bond donors (Lipinski definition) is 1. The summed E-state index contributed by atoms with van der Waals surface area (Å²) in [5.41, 5.74) is 1.45. The summed E-state index contributed by atoms with van der Waals surface area (Å²) < 4.78 is 0. The first-order valence-electron chi connectivity index (χ1n) is 7.67. The molecule has 1 atom stereocenters. The van der Waals surface area contributed by atoms with E-state index in [1.165, 1.54) is 44.1 Å². The molecule has 1 unspecified atom stereocenters. The van der Waals surface area contributed by atoms with E-state index < -0.39 is 0 Å². The van der Waals surface area contributed by atoms with Gasteiger partial charge in [0.1, 0.15) is 0 Å². The minimum Gasteiger partial charge on any atom is -0.313 e. The van der Waals surface area contributed by atoms with E-state index in [2.05, 4.69) is 42.6 Å². The lowest BCUT2D eigenvalue weighted by molar-refractivity contribution is 0.264. The van der Waals surface area contributed by atoms with Crippen LogP contribution in [0.1, 0.15) is 51.0 Å². The van der Waals surface area contributed by atoms with Crippen LogP contribution in [0.25, 0.3) is 0 Å². The molecule has 0 bridgehead atoms. The third-order valence-electron chi connectivity index (χ3n) is 4.32. The third kappa shape index (κ3) is 4.13. The van der Waals surface area contributed by atoms with E-state index in [1.54, 1.807) is 0 Å². The molecule has 1 N–H and O–H groups in total. The van der Waals surface area contributed by atoms with E-state index in [0.717, 1.165) is 24.9 Å². The maximum atomic E-state index is 3.79. The second kappa shape index (κ2) is 7.58. The summed E-state index contributed by atoms with van der Waals surface area (Å²) in [6.07, 6.45) is 9.66. The van der Waals surface area contributed by atoms with Gasteiger partial charge in [-0.3, -0.25) is 0 Å². The molecule has 100 valence electrons. The van der Waals surface area contributed by atoms with Gasteiger partial charge in [0.05, 0.1) is 0 Å². The van der Waals surface area contributed by atoms with Gasteiger partial charge in [-0.1, -0.05) is 56.5 Å². The molecule has 0 saturated heterocycles. The fourth-order valence-electron chi connectivity index (χ4n) is 3.23. The van der Waals surface area contributed by atoms with Crippen molar-refractivity contribution in [1.29, 1.82) is 0 Å². The Labute approximate surface area is 112 Å². The highest BCUT2D eigenvalue weighted by Gasteiger charge is 2.21. The molecule has 1 aliphatic rings. The number of rotatable bonds is 6. The van der Waals surface area contributed by atoms with E-state index in [-0.39, 0.29) is 0 Å². The summed E-state index contributed by atoms with van der Waals surface area (Å²) in [7, 11) is 0. The van der Waals surface area contributed by atoms with E-state index in [9.17, 15) is 0 Å². The van der Waals surface area contributed by atoms with Crippen LogP contribution in [0.5, 0.6) is 0 Å². The summed E-state index contributed by atoms with van der Waals surface area (Å²) in [5.74, 6) is 0.930. The lowest BCUT2D eigenvalue weighted by Crippen LogP contribution is -2.37. The molecule has 0 aromatic heterocycles. The number of hydrogen-bond acceptors (Lipinski definition) is 1. The fourth-order valence-corrected chi connectivity index (χ4v) is 3.23. The van der Waals surface area contributed by atoms with Crippen molar-refractivity contribution in [2.24, 2.45) is 5.92 Å². The lowest BCUT2D eigenvalue weighted by Gasteiger charge is -2.30. The largest absolute Gasteiger partial charge is 0.313 e. The highest BCUT2D eigenvalue weighted by molar-refractivity contribution is 5.14. The van der Waals surface area contributed by atoms with Crippen molar-refractivity contribution in [1.82, 2.24) is 5.32 Å². The van der Waals surface area contributed by atoms with Crippen LogP contribution in [0.2, 0.25) is 0 Å². The zero-order valence-electron chi connectivity index (χ0n) is 11.7. The number of benzene rings is 1. The van der Waals surface area contributed by atoms with Crippen molar-refractivity contribution in [3.8, 4) is 0 Å². The molecule has 2 rings (SSSR count). The van der Waals surface area contributed by atoms with Gasteiger partial charge in [-0.25, -0.2) is 0 Å². The van der Waals surface area contributed by atoms with Crippen molar-refractivity contribution < 1.29 is 0 Å². The van der Waals surface area contributed by atoms with Crippen molar-refractivity contribution in [2.75, 3.05) is 6.54 Å². The van der Waals surface area contributed by atoms with Gasteiger partial charge in [-0.2, -0.15) is 0 Å². The van der Waals surface area contributed by atoms with Gasteiger partial charge in [-0.05, 0) is 43.7 Å². The maximum Gasteiger partial charge on any atom is 0.00928 e. The SMILES string of the molecule is CCC(NCCc1ccccc1)C1CCCCC1. The first-order valence-corrected chi connectivity index (χ1v) is 7.67. The molecular formula is C17H27N. The maximum absolute atomic E-state index is 3.79. The van der Waals surface area contributed by atoms with Crippen LogP contribution in [0, 0.1) is 5.92 Å². The van der Waals surface area contributed by atoms with Gasteiger partial charge in [-0.15, -0.1) is 0 Å². The van der Waals surface area contributed by atoms with Crippen LogP contribution in [0.4, 0.5) is 0 Å². The monoisotopic (exact) mass is 245 g/mol. The summed E-state index contributed by atoms with van der Waals surface area (Å²) in [6, 6.07) is 11.6. The van der Waals surface area contributed by atoms with Gasteiger partial charge >= 0.3 is 0 Å². The van der Waals surface area contributed by atoms with Crippen LogP contribution >= 0.6 is 0 Å².